The molecule has 0 amide bonds. The molecule has 0 saturated carbocycles. The van der Waals surface area contributed by atoms with Crippen LogP contribution in [0.2, 0.25) is 0 Å². The van der Waals surface area contributed by atoms with E-state index in [0.717, 1.165) is 25.2 Å². The molecule has 1 aromatic carbocycles. The average molecular weight is 192 g/mol. The molecule has 1 nitrogen and oxygen atoms in total. The summed E-state index contributed by atoms with van der Waals surface area (Å²) >= 11 is 0. The molecular weight excluding hydrogens is 177 g/mol. The van der Waals surface area contributed by atoms with Gasteiger partial charge in [-0.15, -0.1) is 0 Å². The summed E-state index contributed by atoms with van der Waals surface area (Å²) in [6, 6.07) is 7.89. The largest absolute Gasteiger partial charge is 0.299 e. The van der Waals surface area contributed by atoms with Gasteiger partial charge in [-0.3, -0.25) is 4.90 Å². The second-order valence-electron chi connectivity index (χ2n) is 3.86. The molecule has 0 bridgehead atoms. The fraction of sp³-hybridized carbons (Fsp3) is 0.500. The second kappa shape index (κ2) is 4.56. The molecule has 1 aliphatic rings. The Kier molecular flexibility index (Phi) is 3.14. The zero-order valence-electron chi connectivity index (χ0n) is 8.30. The van der Waals surface area contributed by atoms with Gasteiger partial charge in [0, 0.05) is 12.6 Å². The highest BCUT2D eigenvalue weighted by Crippen LogP contribution is 2.12. The SMILES string of the molecule is Fc1[c]c(CN2CCCCC2)ccc1. The first-order chi connectivity index (χ1) is 6.84. The third kappa shape index (κ3) is 2.55. The minimum atomic E-state index is -0.250. The van der Waals surface area contributed by atoms with E-state index < -0.39 is 0 Å². The van der Waals surface area contributed by atoms with Gasteiger partial charge < -0.3 is 0 Å². The number of rotatable bonds is 2. The van der Waals surface area contributed by atoms with Crippen molar-refractivity contribution in [2.75, 3.05) is 13.1 Å². The summed E-state index contributed by atoms with van der Waals surface area (Å²) in [5.74, 6) is -0.250. The topological polar surface area (TPSA) is 3.24 Å². The van der Waals surface area contributed by atoms with Gasteiger partial charge in [0.2, 0.25) is 0 Å². The molecule has 1 aliphatic heterocycles. The molecule has 14 heavy (non-hydrogen) atoms. The quantitative estimate of drug-likeness (QED) is 0.696. The lowest BCUT2D eigenvalue weighted by Gasteiger charge is -2.26. The Morgan fingerprint density at radius 2 is 2.00 bits per heavy atom. The fourth-order valence-electron chi connectivity index (χ4n) is 1.94. The van der Waals surface area contributed by atoms with Gasteiger partial charge >= 0.3 is 0 Å². The number of hydrogen-bond donors (Lipinski definition) is 0. The molecule has 0 aliphatic carbocycles. The summed E-state index contributed by atoms with van der Waals surface area (Å²) in [5.41, 5.74) is 0.965. The molecular formula is C12H15FN. The van der Waals surface area contributed by atoms with Gasteiger partial charge in [-0.2, -0.15) is 0 Å². The Hall–Kier alpha value is -0.890. The van der Waals surface area contributed by atoms with Crippen LogP contribution in [0.15, 0.2) is 18.2 Å². The normalized spacial score (nSPS) is 18.4. The molecule has 0 spiro atoms. The van der Waals surface area contributed by atoms with Gasteiger partial charge in [0.1, 0.15) is 5.82 Å². The molecule has 2 rings (SSSR count). The lowest BCUT2D eigenvalue weighted by Crippen LogP contribution is -2.29. The van der Waals surface area contributed by atoms with Gasteiger partial charge in [0.05, 0.1) is 0 Å². The van der Waals surface area contributed by atoms with Crippen LogP contribution in [0.5, 0.6) is 0 Å². The maximum absolute atomic E-state index is 12.8. The van der Waals surface area contributed by atoms with Crippen LogP contribution in [-0.2, 0) is 6.54 Å². The Balaban J connectivity index is 1.95. The molecule has 1 saturated heterocycles. The number of hydrogen-bond acceptors (Lipinski definition) is 1. The predicted octanol–water partition coefficient (Wildman–Crippen LogP) is 2.61. The minimum absolute atomic E-state index is 0.250. The van der Waals surface area contributed by atoms with Gasteiger partial charge in [0.25, 0.3) is 0 Å². The molecule has 1 fully saturated rings. The third-order valence-corrected chi connectivity index (χ3v) is 2.66. The molecule has 75 valence electrons. The van der Waals surface area contributed by atoms with Crippen LogP contribution in [0.4, 0.5) is 4.39 Å². The lowest BCUT2D eigenvalue weighted by atomic mass is 10.1. The van der Waals surface area contributed by atoms with E-state index in [1.807, 2.05) is 6.07 Å². The zero-order chi connectivity index (χ0) is 9.80. The first-order valence-corrected chi connectivity index (χ1v) is 5.24. The predicted molar refractivity (Wildman–Crippen MR) is 54.4 cm³/mol. The monoisotopic (exact) mass is 192 g/mol. The summed E-state index contributed by atoms with van der Waals surface area (Å²) < 4.78 is 12.8. The number of likely N-dealkylation sites (tertiary alicyclic amines) is 1. The van der Waals surface area contributed by atoms with E-state index >= 15 is 0 Å². The highest BCUT2D eigenvalue weighted by atomic mass is 19.1. The van der Waals surface area contributed by atoms with E-state index in [0.29, 0.717) is 0 Å². The van der Waals surface area contributed by atoms with Crippen LogP contribution < -0.4 is 0 Å². The first kappa shape index (κ1) is 9.66. The number of nitrogens with zero attached hydrogens (tertiary/aromatic N) is 1. The van der Waals surface area contributed by atoms with Crippen molar-refractivity contribution in [3.05, 3.63) is 35.6 Å². The lowest BCUT2D eigenvalue weighted by molar-refractivity contribution is 0.220. The fourth-order valence-corrected chi connectivity index (χ4v) is 1.94. The molecule has 0 aromatic heterocycles. The number of piperidine rings is 1. The maximum Gasteiger partial charge on any atom is 0.131 e. The van der Waals surface area contributed by atoms with Crippen LogP contribution in [0, 0.1) is 11.9 Å². The molecule has 2 heteroatoms. The Morgan fingerprint density at radius 3 is 2.71 bits per heavy atom. The maximum atomic E-state index is 12.8. The van der Waals surface area contributed by atoms with Crippen molar-refractivity contribution in [3.63, 3.8) is 0 Å². The van der Waals surface area contributed by atoms with E-state index in [2.05, 4.69) is 11.0 Å². The summed E-state index contributed by atoms with van der Waals surface area (Å²) in [5, 5.41) is 0. The molecule has 0 unspecified atom stereocenters. The Labute approximate surface area is 84.5 Å². The van der Waals surface area contributed by atoms with Crippen LogP contribution in [0.1, 0.15) is 24.8 Å². The molecule has 0 N–H and O–H groups in total. The van der Waals surface area contributed by atoms with Gasteiger partial charge in [-0.05, 0) is 37.6 Å². The van der Waals surface area contributed by atoms with Crippen molar-refractivity contribution >= 4 is 0 Å². The Bertz CT molecular complexity index is 292. The highest BCUT2D eigenvalue weighted by Gasteiger charge is 2.10. The summed E-state index contributed by atoms with van der Waals surface area (Å²) in [4.78, 5) is 2.37. The zero-order valence-corrected chi connectivity index (χ0v) is 8.30. The molecule has 1 radical (unpaired) electrons. The van der Waals surface area contributed by atoms with Crippen LogP contribution in [0.3, 0.4) is 0 Å². The minimum Gasteiger partial charge on any atom is -0.299 e. The van der Waals surface area contributed by atoms with Crippen LogP contribution in [-0.4, -0.2) is 18.0 Å². The van der Waals surface area contributed by atoms with E-state index in [4.69, 9.17) is 0 Å². The molecule has 0 atom stereocenters. The first-order valence-electron chi connectivity index (χ1n) is 5.24. The van der Waals surface area contributed by atoms with Gasteiger partial charge in [-0.25, -0.2) is 4.39 Å². The van der Waals surface area contributed by atoms with Crippen molar-refractivity contribution < 1.29 is 4.39 Å². The van der Waals surface area contributed by atoms with Crippen molar-refractivity contribution in [2.45, 2.75) is 25.8 Å². The standard InChI is InChI=1S/C12H15FN/c13-12-6-4-5-11(9-12)10-14-7-2-1-3-8-14/h4-6H,1-3,7-8,10H2. The second-order valence-corrected chi connectivity index (χ2v) is 3.86. The third-order valence-electron chi connectivity index (χ3n) is 2.66. The number of halogens is 1. The summed E-state index contributed by atoms with van der Waals surface area (Å²) in [6.45, 7) is 3.13. The van der Waals surface area contributed by atoms with E-state index in [-0.39, 0.29) is 5.82 Å². The van der Waals surface area contributed by atoms with Crippen LogP contribution in [0.25, 0.3) is 0 Å². The molecule has 1 heterocycles. The van der Waals surface area contributed by atoms with Gasteiger partial charge in [0.15, 0.2) is 0 Å². The average Bonchev–Trinajstić information content (AvgIpc) is 2.19. The van der Waals surface area contributed by atoms with Crippen molar-refractivity contribution in [3.8, 4) is 0 Å². The van der Waals surface area contributed by atoms with E-state index in [9.17, 15) is 4.39 Å². The highest BCUT2D eigenvalue weighted by molar-refractivity contribution is 5.14. The Morgan fingerprint density at radius 1 is 1.21 bits per heavy atom. The molecule has 1 aromatic rings. The van der Waals surface area contributed by atoms with E-state index in [1.54, 1.807) is 6.07 Å². The summed E-state index contributed by atoms with van der Waals surface area (Å²) in [6.07, 6.45) is 3.88. The van der Waals surface area contributed by atoms with E-state index in [1.165, 1.54) is 25.3 Å². The number of benzene rings is 1. The smallest absolute Gasteiger partial charge is 0.131 e. The van der Waals surface area contributed by atoms with Crippen LogP contribution >= 0.6 is 0 Å². The summed E-state index contributed by atoms with van der Waals surface area (Å²) in [7, 11) is 0. The van der Waals surface area contributed by atoms with Crippen molar-refractivity contribution in [1.29, 1.82) is 0 Å². The van der Waals surface area contributed by atoms with Crippen molar-refractivity contribution in [2.24, 2.45) is 0 Å². The van der Waals surface area contributed by atoms with Crippen molar-refractivity contribution in [1.82, 2.24) is 4.90 Å². The van der Waals surface area contributed by atoms with Gasteiger partial charge in [-0.1, -0.05) is 18.6 Å².